The number of nitrogen functional groups attached to an aromatic ring is 1. The van der Waals surface area contributed by atoms with Crippen LogP contribution in [0.3, 0.4) is 0 Å². The summed E-state index contributed by atoms with van der Waals surface area (Å²) in [6, 6.07) is 3.04. The Hall–Kier alpha value is -2.04. The number of aromatic carboxylic acids is 1. The van der Waals surface area contributed by atoms with Crippen LogP contribution in [0, 0.1) is 0 Å². The largest absolute Gasteiger partial charge is 0.478 e. The van der Waals surface area contributed by atoms with Crippen molar-refractivity contribution >= 4 is 22.7 Å². The molecule has 1 heterocycles. The van der Waals surface area contributed by atoms with E-state index in [2.05, 4.69) is 9.97 Å². The molecule has 5 nitrogen and oxygen atoms in total. The number of nitrogens with zero attached hydrogens (tertiary/aromatic N) is 1. The van der Waals surface area contributed by atoms with Gasteiger partial charge in [-0.2, -0.15) is 0 Å². The molecule has 2 aromatic rings. The number of carbonyl (C=O) groups is 1. The molecule has 1 aromatic heterocycles. The maximum absolute atomic E-state index is 10.8. The van der Waals surface area contributed by atoms with E-state index in [1.807, 2.05) is 0 Å². The number of nitrogens with one attached hydrogen (secondary N) is 1. The van der Waals surface area contributed by atoms with Gasteiger partial charge in [0.05, 0.1) is 17.4 Å². The molecule has 0 amide bonds. The summed E-state index contributed by atoms with van der Waals surface area (Å²) in [5, 5.41) is 8.82. The second kappa shape index (κ2) is 2.48. The quantitative estimate of drug-likeness (QED) is 0.563. The fourth-order valence-corrected chi connectivity index (χ4v) is 1.24. The van der Waals surface area contributed by atoms with Crippen LogP contribution >= 0.6 is 0 Å². The lowest BCUT2D eigenvalue weighted by Gasteiger charge is -1.97. The van der Waals surface area contributed by atoms with E-state index < -0.39 is 5.97 Å². The van der Waals surface area contributed by atoms with Gasteiger partial charge in [-0.25, -0.2) is 9.78 Å². The van der Waals surface area contributed by atoms with Gasteiger partial charge in [0.1, 0.15) is 5.52 Å². The number of aromatic nitrogens is 2. The number of carboxylic acid groups (broad SMARTS) is 1. The van der Waals surface area contributed by atoms with Gasteiger partial charge in [-0.1, -0.05) is 0 Å². The highest BCUT2D eigenvalue weighted by Crippen LogP contribution is 2.18. The minimum atomic E-state index is -1.02. The molecule has 5 heteroatoms. The fraction of sp³-hybridized carbons (Fsp3) is 0. The van der Waals surface area contributed by atoms with Crippen molar-refractivity contribution in [1.82, 2.24) is 9.97 Å². The molecule has 0 saturated carbocycles. The number of nitrogens with two attached hydrogens (primary N) is 1. The summed E-state index contributed by atoms with van der Waals surface area (Å²) >= 11 is 0. The van der Waals surface area contributed by atoms with Crippen LogP contribution in [0.1, 0.15) is 10.4 Å². The molecule has 13 heavy (non-hydrogen) atoms. The lowest BCUT2D eigenvalue weighted by Crippen LogP contribution is -1.99. The van der Waals surface area contributed by atoms with Gasteiger partial charge in [-0.3, -0.25) is 0 Å². The lowest BCUT2D eigenvalue weighted by molar-refractivity contribution is 0.0699. The molecule has 0 atom stereocenters. The number of H-pyrrole nitrogens is 1. The minimum absolute atomic E-state index is 0.122. The van der Waals surface area contributed by atoms with E-state index in [1.54, 1.807) is 6.07 Å². The average molecular weight is 177 g/mol. The second-order valence-electron chi connectivity index (χ2n) is 2.67. The molecular weight excluding hydrogens is 170 g/mol. The SMILES string of the molecule is Nc1cc(C(=O)O)c2nc[nH]c2c1. The number of rotatable bonds is 1. The van der Waals surface area contributed by atoms with E-state index in [1.165, 1.54) is 12.4 Å². The third-order valence-electron chi connectivity index (χ3n) is 1.78. The van der Waals surface area contributed by atoms with Crippen LogP contribution in [0.2, 0.25) is 0 Å². The Kier molecular flexibility index (Phi) is 1.45. The molecule has 0 unspecified atom stereocenters. The van der Waals surface area contributed by atoms with E-state index in [0.29, 0.717) is 16.7 Å². The Morgan fingerprint density at radius 2 is 2.31 bits per heavy atom. The summed E-state index contributed by atoms with van der Waals surface area (Å²) in [4.78, 5) is 17.4. The molecular formula is C8H7N3O2. The van der Waals surface area contributed by atoms with E-state index in [-0.39, 0.29) is 5.56 Å². The molecule has 0 aliphatic rings. The van der Waals surface area contributed by atoms with Gasteiger partial charge in [0.15, 0.2) is 0 Å². The highest BCUT2D eigenvalue weighted by atomic mass is 16.4. The number of aromatic amines is 1. The third kappa shape index (κ3) is 1.10. The van der Waals surface area contributed by atoms with Crippen molar-refractivity contribution in [3.8, 4) is 0 Å². The number of anilines is 1. The molecule has 66 valence electrons. The zero-order chi connectivity index (χ0) is 9.42. The number of hydrogen-bond acceptors (Lipinski definition) is 3. The first-order valence-corrected chi connectivity index (χ1v) is 3.64. The Balaban J connectivity index is 2.84. The second-order valence-corrected chi connectivity index (χ2v) is 2.67. The highest BCUT2D eigenvalue weighted by Gasteiger charge is 2.10. The van der Waals surface area contributed by atoms with Crippen molar-refractivity contribution in [3.63, 3.8) is 0 Å². The Morgan fingerprint density at radius 3 is 3.00 bits per heavy atom. The highest BCUT2D eigenvalue weighted by molar-refractivity contribution is 6.02. The van der Waals surface area contributed by atoms with E-state index in [4.69, 9.17) is 10.8 Å². The fourth-order valence-electron chi connectivity index (χ4n) is 1.24. The van der Waals surface area contributed by atoms with E-state index in [0.717, 1.165) is 0 Å². The Morgan fingerprint density at radius 1 is 1.54 bits per heavy atom. The van der Waals surface area contributed by atoms with Crippen LogP contribution < -0.4 is 5.73 Å². The smallest absolute Gasteiger partial charge is 0.338 e. The Bertz CT molecular complexity index is 475. The van der Waals surface area contributed by atoms with Crippen LogP contribution in [0.4, 0.5) is 5.69 Å². The van der Waals surface area contributed by atoms with Crippen molar-refractivity contribution < 1.29 is 9.90 Å². The van der Waals surface area contributed by atoms with Gasteiger partial charge in [0, 0.05) is 5.69 Å². The maximum atomic E-state index is 10.8. The first-order chi connectivity index (χ1) is 6.18. The molecule has 0 fully saturated rings. The normalized spacial score (nSPS) is 10.5. The molecule has 0 saturated heterocycles. The number of imidazole rings is 1. The zero-order valence-electron chi connectivity index (χ0n) is 6.61. The van der Waals surface area contributed by atoms with E-state index in [9.17, 15) is 4.79 Å². The molecule has 4 N–H and O–H groups in total. The molecule has 1 aromatic carbocycles. The summed E-state index contributed by atoms with van der Waals surface area (Å²) in [5.41, 5.74) is 7.11. The lowest BCUT2D eigenvalue weighted by atomic mass is 10.1. The summed E-state index contributed by atoms with van der Waals surface area (Å²) in [7, 11) is 0. The monoisotopic (exact) mass is 177 g/mol. The molecule has 0 radical (unpaired) electrons. The van der Waals surface area contributed by atoms with Crippen molar-refractivity contribution in [3.05, 3.63) is 24.0 Å². The molecule has 0 bridgehead atoms. The molecule has 0 aliphatic carbocycles. The summed E-state index contributed by atoms with van der Waals surface area (Å²) in [6.07, 6.45) is 1.44. The van der Waals surface area contributed by atoms with Crippen molar-refractivity contribution in [2.45, 2.75) is 0 Å². The zero-order valence-corrected chi connectivity index (χ0v) is 6.61. The topological polar surface area (TPSA) is 92.0 Å². The Labute approximate surface area is 73.2 Å². The van der Waals surface area contributed by atoms with Crippen LogP contribution in [-0.4, -0.2) is 21.0 Å². The van der Waals surface area contributed by atoms with Crippen LogP contribution in [0.5, 0.6) is 0 Å². The van der Waals surface area contributed by atoms with Crippen molar-refractivity contribution in [1.29, 1.82) is 0 Å². The summed E-state index contributed by atoms with van der Waals surface area (Å²) in [6.45, 7) is 0. The maximum Gasteiger partial charge on any atom is 0.338 e. The molecule has 0 spiro atoms. The van der Waals surface area contributed by atoms with Gasteiger partial charge in [-0.05, 0) is 12.1 Å². The number of benzene rings is 1. The standard InChI is InChI=1S/C8H7N3O2/c9-4-1-5(8(12)13)7-6(2-4)10-3-11-7/h1-3H,9H2,(H,10,11)(H,12,13). The predicted molar refractivity (Wildman–Crippen MR) is 47.5 cm³/mol. The molecule has 0 aliphatic heterocycles. The molecule has 2 rings (SSSR count). The van der Waals surface area contributed by atoms with Crippen LogP contribution in [0.15, 0.2) is 18.5 Å². The average Bonchev–Trinajstić information content (AvgIpc) is 2.49. The number of fused-ring (bicyclic) bond motifs is 1. The predicted octanol–water partition coefficient (Wildman–Crippen LogP) is 0.843. The first kappa shape index (κ1) is 7.60. The number of carboxylic acids is 1. The van der Waals surface area contributed by atoms with Gasteiger partial charge < -0.3 is 15.8 Å². The third-order valence-corrected chi connectivity index (χ3v) is 1.78. The van der Waals surface area contributed by atoms with Crippen LogP contribution in [0.25, 0.3) is 11.0 Å². The van der Waals surface area contributed by atoms with Gasteiger partial charge in [0.25, 0.3) is 0 Å². The van der Waals surface area contributed by atoms with Crippen LogP contribution in [-0.2, 0) is 0 Å². The van der Waals surface area contributed by atoms with E-state index >= 15 is 0 Å². The van der Waals surface area contributed by atoms with Crippen molar-refractivity contribution in [2.75, 3.05) is 5.73 Å². The summed E-state index contributed by atoms with van der Waals surface area (Å²) < 4.78 is 0. The van der Waals surface area contributed by atoms with Gasteiger partial charge in [0.2, 0.25) is 0 Å². The first-order valence-electron chi connectivity index (χ1n) is 3.64. The minimum Gasteiger partial charge on any atom is -0.478 e. The van der Waals surface area contributed by atoms with Gasteiger partial charge >= 0.3 is 5.97 Å². The number of hydrogen-bond donors (Lipinski definition) is 3. The summed E-state index contributed by atoms with van der Waals surface area (Å²) in [5.74, 6) is -1.02. The van der Waals surface area contributed by atoms with Crippen molar-refractivity contribution in [2.24, 2.45) is 0 Å². The van der Waals surface area contributed by atoms with Gasteiger partial charge in [-0.15, -0.1) is 0 Å².